The fraction of sp³-hybridized carbons (Fsp3) is 0.938. The molecule has 6 heteroatoms. The quantitative estimate of drug-likeness (QED) is 0.0321. The van der Waals surface area contributed by atoms with E-state index >= 15 is 0 Å². The smallest absolute Gasteiger partial charge is 0.305 e. The summed E-state index contributed by atoms with van der Waals surface area (Å²) in [5.74, 6) is -0.0689. The molecular formula is C64H125NO5. The van der Waals surface area contributed by atoms with Crippen LogP contribution in [0.25, 0.3) is 0 Å². The SMILES string of the molecule is CCCCCCCCCCCCCCCCCCCCCCCC/C=C/C(O)C(CO)NC(=O)CCCCCCCCCCCCCCCCCOC(=O)CCCCCCCCCCCCCCCC. The Kier molecular flexibility index (Phi) is 59.0. The minimum Gasteiger partial charge on any atom is -0.466 e. The number of esters is 1. The van der Waals surface area contributed by atoms with E-state index < -0.39 is 12.1 Å². The molecule has 0 aromatic carbocycles. The van der Waals surface area contributed by atoms with Gasteiger partial charge in [-0.05, 0) is 32.1 Å². The zero-order valence-electron chi connectivity index (χ0n) is 47.5. The fourth-order valence-electron chi connectivity index (χ4n) is 10.2. The average molecular weight is 989 g/mol. The fourth-order valence-corrected chi connectivity index (χ4v) is 10.2. The number of allylic oxidation sites excluding steroid dienone is 1. The first-order valence-corrected chi connectivity index (χ1v) is 32.0. The molecule has 0 fully saturated rings. The minimum absolute atomic E-state index is 0.00297. The average Bonchev–Trinajstić information content (AvgIpc) is 3.36. The second-order valence-corrected chi connectivity index (χ2v) is 22.1. The van der Waals surface area contributed by atoms with Crippen LogP contribution in [0.5, 0.6) is 0 Å². The summed E-state index contributed by atoms with van der Waals surface area (Å²) in [6, 6.07) is -0.635. The van der Waals surface area contributed by atoms with E-state index in [9.17, 15) is 19.8 Å². The maximum absolute atomic E-state index is 12.5. The molecule has 0 spiro atoms. The van der Waals surface area contributed by atoms with Crippen LogP contribution >= 0.6 is 0 Å². The lowest BCUT2D eigenvalue weighted by Gasteiger charge is -2.20. The highest BCUT2D eigenvalue weighted by atomic mass is 16.5. The van der Waals surface area contributed by atoms with E-state index in [0.29, 0.717) is 19.4 Å². The Morgan fingerprint density at radius 3 is 0.971 bits per heavy atom. The maximum atomic E-state index is 12.5. The van der Waals surface area contributed by atoms with Crippen LogP contribution in [0.2, 0.25) is 0 Å². The van der Waals surface area contributed by atoms with E-state index in [1.54, 1.807) is 6.08 Å². The van der Waals surface area contributed by atoms with Crippen LogP contribution in [0.3, 0.4) is 0 Å². The molecule has 0 aromatic rings. The molecule has 0 aromatic heterocycles. The number of amides is 1. The summed E-state index contributed by atoms with van der Waals surface area (Å²) < 4.78 is 5.48. The zero-order valence-corrected chi connectivity index (χ0v) is 47.5. The lowest BCUT2D eigenvalue weighted by atomic mass is 10.0. The van der Waals surface area contributed by atoms with E-state index in [-0.39, 0.29) is 18.5 Å². The number of rotatable bonds is 60. The number of hydrogen-bond donors (Lipinski definition) is 3. The summed E-state index contributed by atoms with van der Waals surface area (Å²) in [5, 5.41) is 23.2. The first-order chi connectivity index (χ1) is 34.5. The normalized spacial score (nSPS) is 12.6. The number of ether oxygens (including phenoxy) is 1. The third kappa shape index (κ3) is 55.9. The molecule has 0 rings (SSSR count). The lowest BCUT2D eigenvalue weighted by molar-refractivity contribution is -0.143. The Morgan fingerprint density at radius 2 is 0.657 bits per heavy atom. The van der Waals surface area contributed by atoms with Gasteiger partial charge in [0.1, 0.15) is 0 Å². The summed E-state index contributed by atoms with van der Waals surface area (Å²) in [5.41, 5.74) is 0. The number of carbonyl (C=O) groups is 2. The van der Waals surface area contributed by atoms with Gasteiger partial charge < -0.3 is 20.3 Å². The monoisotopic (exact) mass is 988 g/mol. The van der Waals surface area contributed by atoms with Gasteiger partial charge in [-0.15, -0.1) is 0 Å². The van der Waals surface area contributed by atoms with Crippen LogP contribution in [0.15, 0.2) is 12.2 Å². The molecule has 0 bridgehead atoms. The van der Waals surface area contributed by atoms with Crippen molar-refractivity contribution < 1.29 is 24.5 Å². The molecule has 0 aliphatic rings. The predicted octanol–water partition coefficient (Wildman–Crippen LogP) is 20.0. The molecule has 0 heterocycles. The highest BCUT2D eigenvalue weighted by molar-refractivity contribution is 5.76. The van der Waals surface area contributed by atoms with Crippen molar-refractivity contribution in [2.45, 2.75) is 373 Å². The zero-order chi connectivity index (χ0) is 50.7. The highest BCUT2D eigenvalue weighted by Gasteiger charge is 2.18. The minimum atomic E-state index is -0.851. The number of unbranched alkanes of at least 4 members (excludes halogenated alkanes) is 49. The standard InChI is InChI=1S/C64H125NO5/c1-3-5-7-9-11-13-15-17-19-20-21-22-23-24-25-26-27-29-32-36-40-44-48-52-56-62(67)61(60-66)65-63(68)57-53-49-45-41-37-33-30-28-31-35-39-43-47-51-55-59-70-64(69)58-54-50-46-42-38-34-18-16-14-12-10-8-6-4-2/h52,56,61-62,66-67H,3-51,53-55,57-60H2,1-2H3,(H,65,68)/b56-52+. The summed E-state index contributed by atoms with van der Waals surface area (Å²) in [4.78, 5) is 24.6. The van der Waals surface area contributed by atoms with Gasteiger partial charge in [0.2, 0.25) is 5.91 Å². The van der Waals surface area contributed by atoms with Gasteiger partial charge in [0.25, 0.3) is 0 Å². The first kappa shape index (κ1) is 68.6. The van der Waals surface area contributed by atoms with Gasteiger partial charge >= 0.3 is 5.97 Å². The summed E-state index contributed by atoms with van der Waals surface area (Å²) in [6.07, 6.45) is 72.5. The second kappa shape index (κ2) is 60.2. The third-order valence-electron chi connectivity index (χ3n) is 15.1. The van der Waals surface area contributed by atoms with Crippen molar-refractivity contribution in [3.63, 3.8) is 0 Å². The topological polar surface area (TPSA) is 95.9 Å². The highest BCUT2D eigenvalue weighted by Crippen LogP contribution is 2.18. The summed E-state index contributed by atoms with van der Waals surface area (Å²) in [6.45, 7) is 4.92. The Balaban J connectivity index is 3.45. The molecular weight excluding hydrogens is 863 g/mol. The largest absolute Gasteiger partial charge is 0.466 e. The van der Waals surface area contributed by atoms with Crippen molar-refractivity contribution in [1.29, 1.82) is 0 Å². The van der Waals surface area contributed by atoms with Crippen LogP contribution in [0, 0.1) is 0 Å². The Morgan fingerprint density at radius 1 is 0.386 bits per heavy atom. The molecule has 1 amide bonds. The van der Waals surface area contributed by atoms with Crippen LogP contribution in [0.4, 0.5) is 0 Å². The molecule has 3 N–H and O–H groups in total. The molecule has 2 unspecified atom stereocenters. The van der Waals surface area contributed by atoms with E-state index in [2.05, 4.69) is 19.2 Å². The van der Waals surface area contributed by atoms with Crippen LogP contribution in [0.1, 0.15) is 361 Å². The van der Waals surface area contributed by atoms with E-state index in [1.807, 2.05) is 6.08 Å². The van der Waals surface area contributed by atoms with Crippen molar-refractivity contribution in [2.24, 2.45) is 0 Å². The molecule has 70 heavy (non-hydrogen) atoms. The van der Waals surface area contributed by atoms with Gasteiger partial charge in [0, 0.05) is 12.8 Å². The molecule has 0 saturated carbocycles. The van der Waals surface area contributed by atoms with Gasteiger partial charge in [0.05, 0.1) is 25.4 Å². The van der Waals surface area contributed by atoms with Crippen molar-refractivity contribution in [1.82, 2.24) is 5.32 Å². The van der Waals surface area contributed by atoms with Gasteiger partial charge in [-0.2, -0.15) is 0 Å². The maximum Gasteiger partial charge on any atom is 0.305 e. The molecule has 6 nitrogen and oxygen atoms in total. The molecule has 416 valence electrons. The van der Waals surface area contributed by atoms with E-state index in [4.69, 9.17) is 4.74 Å². The third-order valence-corrected chi connectivity index (χ3v) is 15.1. The molecule has 2 atom stereocenters. The number of aliphatic hydroxyl groups excluding tert-OH is 2. The van der Waals surface area contributed by atoms with E-state index in [1.165, 1.54) is 289 Å². The molecule has 0 aliphatic heterocycles. The summed E-state index contributed by atoms with van der Waals surface area (Å²) in [7, 11) is 0. The van der Waals surface area contributed by atoms with Gasteiger partial charge in [-0.1, -0.05) is 328 Å². The number of nitrogens with one attached hydrogen (secondary N) is 1. The molecule has 0 saturated heterocycles. The predicted molar refractivity (Wildman–Crippen MR) is 306 cm³/mol. The van der Waals surface area contributed by atoms with Gasteiger partial charge in [-0.3, -0.25) is 9.59 Å². The van der Waals surface area contributed by atoms with Crippen LogP contribution in [-0.2, 0) is 14.3 Å². The van der Waals surface area contributed by atoms with Crippen molar-refractivity contribution >= 4 is 11.9 Å². The van der Waals surface area contributed by atoms with Crippen molar-refractivity contribution in [2.75, 3.05) is 13.2 Å². The van der Waals surface area contributed by atoms with Gasteiger partial charge in [-0.25, -0.2) is 0 Å². The Hall–Kier alpha value is -1.40. The van der Waals surface area contributed by atoms with Crippen LogP contribution in [-0.4, -0.2) is 47.4 Å². The Labute approximate surface area is 438 Å². The molecule has 0 aliphatic carbocycles. The summed E-state index contributed by atoms with van der Waals surface area (Å²) >= 11 is 0. The second-order valence-electron chi connectivity index (χ2n) is 22.1. The first-order valence-electron chi connectivity index (χ1n) is 32.0. The number of aliphatic hydroxyl groups is 2. The lowest BCUT2D eigenvalue weighted by Crippen LogP contribution is -2.45. The number of hydrogen-bond acceptors (Lipinski definition) is 5. The number of carbonyl (C=O) groups excluding carboxylic acids is 2. The molecule has 0 radical (unpaired) electrons. The Bertz CT molecular complexity index is 1050. The van der Waals surface area contributed by atoms with E-state index in [0.717, 1.165) is 44.9 Å². The van der Waals surface area contributed by atoms with Gasteiger partial charge in [0.15, 0.2) is 0 Å². The van der Waals surface area contributed by atoms with Crippen molar-refractivity contribution in [3.05, 3.63) is 12.2 Å². The van der Waals surface area contributed by atoms with Crippen molar-refractivity contribution in [3.8, 4) is 0 Å². The van der Waals surface area contributed by atoms with Crippen LogP contribution < -0.4 is 5.32 Å².